The molecular formula is C25H28O4. The largest absolute Gasteiger partial charge is 0.426 e. The quantitative estimate of drug-likeness (QED) is 0.401. The zero-order valence-electron chi connectivity index (χ0n) is 17.2. The van der Waals surface area contributed by atoms with Crippen molar-refractivity contribution in [2.75, 3.05) is 0 Å². The van der Waals surface area contributed by atoms with Gasteiger partial charge in [0.1, 0.15) is 11.5 Å². The molecule has 4 rings (SSSR count). The van der Waals surface area contributed by atoms with Gasteiger partial charge >= 0.3 is 11.9 Å². The predicted molar refractivity (Wildman–Crippen MR) is 111 cm³/mol. The fourth-order valence-corrected chi connectivity index (χ4v) is 4.36. The van der Waals surface area contributed by atoms with Crippen molar-refractivity contribution in [3.63, 3.8) is 0 Å². The lowest BCUT2D eigenvalue weighted by molar-refractivity contribution is -0.152. The summed E-state index contributed by atoms with van der Waals surface area (Å²) in [5.41, 5.74) is 5.10. The maximum absolute atomic E-state index is 12.8. The molecule has 0 bridgehead atoms. The van der Waals surface area contributed by atoms with Crippen molar-refractivity contribution in [3.05, 3.63) is 58.7 Å². The minimum absolute atomic E-state index is 0.167. The molecule has 0 saturated carbocycles. The van der Waals surface area contributed by atoms with Crippen LogP contribution in [-0.4, -0.2) is 11.9 Å². The Hall–Kier alpha value is -2.62. The number of fused-ring (bicyclic) bond motifs is 2. The third-order valence-electron chi connectivity index (χ3n) is 5.85. The van der Waals surface area contributed by atoms with Crippen LogP contribution in [0.5, 0.6) is 11.5 Å². The summed E-state index contributed by atoms with van der Waals surface area (Å²) < 4.78 is 11.2. The predicted octanol–water partition coefficient (Wildman–Crippen LogP) is 4.84. The SMILES string of the molecule is CC(C)CC(C(=O)Oc1ccc2c(c1)CCC2)C(=O)Oc1ccc2c(c1)CCC2. The van der Waals surface area contributed by atoms with Crippen molar-refractivity contribution in [1.29, 1.82) is 0 Å². The van der Waals surface area contributed by atoms with Crippen LogP contribution < -0.4 is 9.47 Å². The first kappa shape index (κ1) is 19.7. The molecule has 4 nitrogen and oxygen atoms in total. The Morgan fingerprint density at radius 3 is 1.66 bits per heavy atom. The zero-order valence-corrected chi connectivity index (χ0v) is 17.2. The lowest BCUT2D eigenvalue weighted by Gasteiger charge is -2.17. The summed E-state index contributed by atoms with van der Waals surface area (Å²) in [7, 11) is 0. The third kappa shape index (κ3) is 4.52. The summed E-state index contributed by atoms with van der Waals surface area (Å²) >= 11 is 0. The fourth-order valence-electron chi connectivity index (χ4n) is 4.36. The number of aryl methyl sites for hydroxylation is 4. The van der Waals surface area contributed by atoms with E-state index in [2.05, 4.69) is 0 Å². The molecule has 0 N–H and O–H groups in total. The second kappa shape index (κ2) is 8.40. The van der Waals surface area contributed by atoms with E-state index in [4.69, 9.17) is 9.47 Å². The molecule has 4 heteroatoms. The minimum Gasteiger partial charge on any atom is -0.426 e. The second-order valence-corrected chi connectivity index (χ2v) is 8.59. The number of esters is 2. The molecule has 0 fully saturated rings. The van der Waals surface area contributed by atoms with E-state index in [1.807, 2.05) is 50.2 Å². The van der Waals surface area contributed by atoms with Gasteiger partial charge in [-0.05, 0) is 97.4 Å². The van der Waals surface area contributed by atoms with Gasteiger partial charge < -0.3 is 9.47 Å². The number of carbonyl (C=O) groups excluding carboxylic acids is 2. The van der Waals surface area contributed by atoms with E-state index in [1.54, 1.807) is 0 Å². The van der Waals surface area contributed by atoms with Gasteiger partial charge in [0, 0.05) is 0 Å². The first-order valence-electron chi connectivity index (χ1n) is 10.7. The molecule has 2 aromatic carbocycles. The molecule has 0 spiro atoms. The topological polar surface area (TPSA) is 52.6 Å². The number of carbonyl (C=O) groups is 2. The van der Waals surface area contributed by atoms with Gasteiger partial charge in [0.15, 0.2) is 5.92 Å². The molecule has 2 aromatic rings. The Morgan fingerprint density at radius 1 is 0.759 bits per heavy atom. The van der Waals surface area contributed by atoms with E-state index < -0.39 is 17.9 Å². The molecular weight excluding hydrogens is 364 g/mol. The van der Waals surface area contributed by atoms with Gasteiger partial charge in [-0.3, -0.25) is 9.59 Å². The number of rotatable bonds is 6. The average Bonchev–Trinajstić information content (AvgIpc) is 3.33. The molecule has 29 heavy (non-hydrogen) atoms. The van der Waals surface area contributed by atoms with Crippen molar-refractivity contribution < 1.29 is 19.1 Å². The summed E-state index contributed by atoms with van der Waals surface area (Å²) in [6.45, 7) is 3.97. The summed E-state index contributed by atoms with van der Waals surface area (Å²) in [6.07, 6.45) is 6.84. The molecule has 0 saturated heterocycles. The van der Waals surface area contributed by atoms with E-state index in [-0.39, 0.29) is 5.92 Å². The number of ether oxygens (including phenoxy) is 2. The Balaban J connectivity index is 1.47. The molecule has 0 aromatic heterocycles. The van der Waals surface area contributed by atoms with Crippen LogP contribution in [0.15, 0.2) is 36.4 Å². The third-order valence-corrected chi connectivity index (χ3v) is 5.85. The summed E-state index contributed by atoms with van der Waals surface area (Å²) in [5.74, 6) is -0.827. The number of benzene rings is 2. The fraction of sp³-hybridized carbons (Fsp3) is 0.440. The molecule has 0 atom stereocenters. The van der Waals surface area contributed by atoms with Gasteiger partial charge in [0.25, 0.3) is 0 Å². The lowest BCUT2D eigenvalue weighted by atomic mass is 9.97. The first-order chi connectivity index (χ1) is 14.0. The zero-order chi connectivity index (χ0) is 20.4. The molecule has 2 aliphatic rings. The van der Waals surface area contributed by atoms with Crippen LogP contribution in [0.25, 0.3) is 0 Å². The van der Waals surface area contributed by atoms with Crippen molar-refractivity contribution in [3.8, 4) is 11.5 Å². The van der Waals surface area contributed by atoms with Gasteiger partial charge in [-0.15, -0.1) is 0 Å². The van der Waals surface area contributed by atoms with Gasteiger partial charge in [0.2, 0.25) is 0 Å². The second-order valence-electron chi connectivity index (χ2n) is 8.59. The Morgan fingerprint density at radius 2 is 1.21 bits per heavy atom. The standard InChI is InChI=1S/C25H28O4/c1-16(2)13-23(24(26)28-21-11-9-17-5-3-7-19(17)14-21)25(27)29-22-12-10-18-6-4-8-20(18)15-22/h9-12,14-16,23H,3-8,13H2,1-2H3. The van der Waals surface area contributed by atoms with Crippen LogP contribution in [-0.2, 0) is 35.3 Å². The highest BCUT2D eigenvalue weighted by molar-refractivity contribution is 5.96. The highest BCUT2D eigenvalue weighted by Gasteiger charge is 2.32. The molecule has 152 valence electrons. The molecule has 0 unspecified atom stereocenters. The van der Waals surface area contributed by atoms with Gasteiger partial charge in [-0.2, -0.15) is 0 Å². The smallest absolute Gasteiger partial charge is 0.325 e. The molecule has 0 aliphatic heterocycles. The number of hydrogen-bond acceptors (Lipinski definition) is 4. The molecule has 2 aliphatic carbocycles. The molecule has 0 heterocycles. The normalized spacial score (nSPS) is 14.8. The average molecular weight is 392 g/mol. The maximum atomic E-state index is 12.8. The first-order valence-corrected chi connectivity index (χ1v) is 10.7. The highest BCUT2D eigenvalue weighted by atomic mass is 16.6. The monoisotopic (exact) mass is 392 g/mol. The van der Waals surface area contributed by atoms with E-state index in [9.17, 15) is 9.59 Å². The van der Waals surface area contributed by atoms with E-state index in [0.717, 1.165) is 38.5 Å². The molecule has 0 radical (unpaired) electrons. The van der Waals surface area contributed by atoms with E-state index >= 15 is 0 Å². The Bertz CT molecular complexity index is 857. The summed E-state index contributed by atoms with van der Waals surface area (Å²) in [4.78, 5) is 25.7. The van der Waals surface area contributed by atoms with E-state index in [0.29, 0.717) is 17.9 Å². The number of hydrogen-bond donors (Lipinski definition) is 0. The van der Waals surface area contributed by atoms with Crippen molar-refractivity contribution in [2.45, 2.75) is 58.8 Å². The summed E-state index contributed by atoms with van der Waals surface area (Å²) in [6, 6.07) is 11.5. The molecule has 0 amide bonds. The van der Waals surface area contributed by atoms with Crippen LogP contribution in [0.1, 0.15) is 55.4 Å². The van der Waals surface area contributed by atoms with E-state index in [1.165, 1.54) is 22.3 Å². The maximum Gasteiger partial charge on any atom is 0.325 e. The van der Waals surface area contributed by atoms with Crippen molar-refractivity contribution >= 4 is 11.9 Å². The van der Waals surface area contributed by atoms with Crippen LogP contribution in [0.2, 0.25) is 0 Å². The van der Waals surface area contributed by atoms with Crippen LogP contribution in [0.4, 0.5) is 0 Å². The van der Waals surface area contributed by atoms with Gasteiger partial charge in [-0.25, -0.2) is 0 Å². The van der Waals surface area contributed by atoms with Crippen molar-refractivity contribution in [2.24, 2.45) is 11.8 Å². The Labute approximate surface area is 172 Å². The van der Waals surface area contributed by atoms with Crippen LogP contribution in [0, 0.1) is 11.8 Å². The summed E-state index contributed by atoms with van der Waals surface area (Å²) in [5, 5.41) is 0. The van der Waals surface area contributed by atoms with Gasteiger partial charge in [-0.1, -0.05) is 26.0 Å². The highest BCUT2D eigenvalue weighted by Crippen LogP contribution is 2.29. The van der Waals surface area contributed by atoms with Crippen molar-refractivity contribution in [1.82, 2.24) is 0 Å². The Kier molecular flexibility index (Phi) is 5.70. The van der Waals surface area contributed by atoms with Gasteiger partial charge in [0.05, 0.1) is 0 Å². The minimum atomic E-state index is -0.934. The lowest BCUT2D eigenvalue weighted by Crippen LogP contribution is -2.32. The van der Waals surface area contributed by atoms with Crippen LogP contribution in [0.3, 0.4) is 0 Å². The van der Waals surface area contributed by atoms with Crippen LogP contribution >= 0.6 is 0 Å².